The molecule has 2 aromatic carbocycles. The Balaban J connectivity index is 1.53. The molecule has 1 saturated heterocycles. The quantitative estimate of drug-likeness (QED) is 0.861. The van der Waals surface area contributed by atoms with Crippen LogP contribution in [0.3, 0.4) is 0 Å². The van der Waals surface area contributed by atoms with Gasteiger partial charge in [0, 0.05) is 38.4 Å². The van der Waals surface area contributed by atoms with Crippen LogP contribution >= 0.6 is 0 Å². The first kappa shape index (κ1) is 19.9. The number of nitrogens with zero attached hydrogens (tertiary/aromatic N) is 2. The van der Waals surface area contributed by atoms with Crippen molar-refractivity contribution in [3.63, 3.8) is 0 Å². The molecule has 0 aliphatic carbocycles. The lowest BCUT2D eigenvalue weighted by atomic mass is 10.1. The molecule has 8 heteroatoms. The van der Waals surface area contributed by atoms with Crippen LogP contribution in [0, 0.1) is 0 Å². The van der Waals surface area contributed by atoms with E-state index in [-0.39, 0.29) is 6.03 Å². The molecular formula is C20H22F3N3O2. The smallest absolute Gasteiger partial charge is 0.416 e. The number of halogens is 3. The van der Waals surface area contributed by atoms with Crippen LogP contribution in [0.25, 0.3) is 0 Å². The van der Waals surface area contributed by atoms with Crippen LogP contribution in [-0.2, 0) is 12.7 Å². The second kappa shape index (κ2) is 8.41. The lowest BCUT2D eigenvalue weighted by Crippen LogP contribution is -2.51. The SMILES string of the molecule is COc1cccc(CNC(=O)N2CCN(c3cccc(C(F)(F)F)c3)CC2)c1. The number of carbonyl (C=O) groups excluding carboxylic acids is 1. The van der Waals surface area contributed by atoms with E-state index >= 15 is 0 Å². The van der Waals surface area contributed by atoms with E-state index in [1.807, 2.05) is 29.2 Å². The summed E-state index contributed by atoms with van der Waals surface area (Å²) in [4.78, 5) is 15.9. The lowest BCUT2D eigenvalue weighted by Gasteiger charge is -2.36. The van der Waals surface area contributed by atoms with Gasteiger partial charge >= 0.3 is 12.2 Å². The number of amides is 2. The zero-order valence-electron chi connectivity index (χ0n) is 15.5. The van der Waals surface area contributed by atoms with Crippen LogP contribution in [0.2, 0.25) is 0 Å². The number of piperazine rings is 1. The molecule has 1 heterocycles. The van der Waals surface area contributed by atoms with E-state index in [0.29, 0.717) is 38.4 Å². The summed E-state index contributed by atoms with van der Waals surface area (Å²) in [5.41, 5.74) is 0.782. The second-order valence-corrected chi connectivity index (χ2v) is 6.53. The Bertz CT molecular complexity index is 818. The maximum atomic E-state index is 12.9. The number of benzene rings is 2. The van der Waals surface area contributed by atoms with Crippen molar-refractivity contribution in [1.29, 1.82) is 0 Å². The van der Waals surface area contributed by atoms with Crippen molar-refractivity contribution < 1.29 is 22.7 Å². The number of ether oxygens (including phenoxy) is 1. The molecule has 2 amide bonds. The van der Waals surface area contributed by atoms with E-state index in [1.54, 1.807) is 18.1 Å². The summed E-state index contributed by atoms with van der Waals surface area (Å²) in [6, 6.07) is 12.5. The molecule has 1 fully saturated rings. The van der Waals surface area contributed by atoms with Gasteiger partial charge in [-0.15, -0.1) is 0 Å². The van der Waals surface area contributed by atoms with E-state index in [0.717, 1.165) is 23.4 Å². The van der Waals surface area contributed by atoms with E-state index < -0.39 is 11.7 Å². The molecule has 3 rings (SSSR count). The molecule has 1 aliphatic rings. The number of alkyl halides is 3. The molecule has 0 spiro atoms. The molecule has 0 bridgehead atoms. The van der Waals surface area contributed by atoms with Gasteiger partial charge in [0.15, 0.2) is 0 Å². The van der Waals surface area contributed by atoms with E-state index in [2.05, 4.69) is 5.32 Å². The summed E-state index contributed by atoms with van der Waals surface area (Å²) < 4.78 is 43.8. The predicted octanol–water partition coefficient (Wildman–Crippen LogP) is 3.75. The fraction of sp³-hybridized carbons (Fsp3) is 0.350. The predicted molar refractivity (Wildman–Crippen MR) is 100 cm³/mol. The molecule has 2 aromatic rings. The van der Waals surface area contributed by atoms with Crippen molar-refractivity contribution in [2.24, 2.45) is 0 Å². The zero-order chi connectivity index (χ0) is 20.1. The average Bonchev–Trinajstić information content (AvgIpc) is 2.72. The van der Waals surface area contributed by atoms with Crippen LogP contribution in [-0.4, -0.2) is 44.2 Å². The third-order valence-electron chi connectivity index (χ3n) is 4.68. The lowest BCUT2D eigenvalue weighted by molar-refractivity contribution is -0.137. The summed E-state index contributed by atoms with van der Waals surface area (Å²) in [5, 5.41) is 2.87. The summed E-state index contributed by atoms with van der Waals surface area (Å²) >= 11 is 0. The van der Waals surface area contributed by atoms with Gasteiger partial charge in [-0.2, -0.15) is 13.2 Å². The number of hydrogen-bond donors (Lipinski definition) is 1. The highest BCUT2D eigenvalue weighted by Gasteiger charge is 2.31. The molecular weight excluding hydrogens is 371 g/mol. The summed E-state index contributed by atoms with van der Waals surface area (Å²) in [5.74, 6) is 0.724. The van der Waals surface area contributed by atoms with Gasteiger partial charge in [-0.1, -0.05) is 18.2 Å². The van der Waals surface area contributed by atoms with Gasteiger partial charge in [0.05, 0.1) is 12.7 Å². The monoisotopic (exact) mass is 393 g/mol. The van der Waals surface area contributed by atoms with Crippen molar-refractivity contribution in [2.75, 3.05) is 38.2 Å². The Morgan fingerprint density at radius 3 is 2.46 bits per heavy atom. The number of urea groups is 1. The highest BCUT2D eigenvalue weighted by Crippen LogP contribution is 2.31. The standard InChI is InChI=1S/C20H22F3N3O2/c1-28-18-7-2-4-15(12-18)14-24-19(27)26-10-8-25(9-11-26)17-6-3-5-16(13-17)20(21,22)23/h2-7,12-13H,8-11,14H2,1H3,(H,24,27). The third kappa shape index (κ3) is 4.88. The minimum absolute atomic E-state index is 0.188. The molecule has 28 heavy (non-hydrogen) atoms. The Hall–Kier alpha value is -2.90. The van der Waals surface area contributed by atoms with Crippen molar-refractivity contribution in [3.05, 3.63) is 59.7 Å². The normalized spacial score (nSPS) is 14.7. The molecule has 0 atom stereocenters. The van der Waals surface area contributed by atoms with Gasteiger partial charge in [-0.25, -0.2) is 4.79 Å². The summed E-state index contributed by atoms with van der Waals surface area (Å²) in [6.45, 7) is 2.23. The number of nitrogens with one attached hydrogen (secondary N) is 1. The zero-order valence-corrected chi connectivity index (χ0v) is 15.5. The van der Waals surface area contributed by atoms with E-state index in [4.69, 9.17) is 4.74 Å². The molecule has 0 unspecified atom stereocenters. The first-order valence-electron chi connectivity index (χ1n) is 8.95. The van der Waals surface area contributed by atoms with E-state index in [9.17, 15) is 18.0 Å². The molecule has 5 nitrogen and oxygen atoms in total. The molecule has 150 valence electrons. The Kier molecular flexibility index (Phi) is 5.96. The van der Waals surface area contributed by atoms with E-state index in [1.165, 1.54) is 6.07 Å². The van der Waals surface area contributed by atoms with Crippen LogP contribution in [0.15, 0.2) is 48.5 Å². The largest absolute Gasteiger partial charge is 0.497 e. The van der Waals surface area contributed by atoms with Crippen LogP contribution < -0.4 is 15.0 Å². The molecule has 1 N–H and O–H groups in total. The molecule has 1 aliphatic heterocycles. The number of rotatable bonds is 4. The van der Waals surface area contributed by atoms with Crippen molar-refractivity contribution in [3.8, 4) is 5.75 Å². The minimum Gasteiger partial charge on any atom is -0.497 e. The highest BCUT2D eigenvalue weighted by molar-refractivity contribution is 5.74. The number of carbonyl (C=O) groups is 1. The minimum atomic E-state index is -4.36. The number of anilines is 1. The number of methoxy groups -OCH3 is 1. The highest BCUT2D eigenvalue weighted by atomic mass is 19.4. The van der Waals surface area contributed by atoms with Gasteiger partial charge in [-0.05, 0) is 35.9 Å². The fourth-order valence-electron chi connectivity index (χ4n) is 3.12. The summed E-state index contributed by atoms with van der Waals surface area (Å²) in [7, 11) is 1.58. The third-order valence-corrected chi connectivity index (χ3v) is 4.68. The maximum Gasteiger partial charge on any atom is 0.416 e. The Labute approximate surface area is 161 Å². The van der Waals surface area contributed by atoms with Crippen LogP contribution in [0.4, 0.5) is 23.7 Å². The molecule has 0 radical (unpaired) electrons. The van der Waals surface area contributed by atoms with Gasteiger partial charge in [0.1, 0.15) is 5.75 Å². The van der Waals surface area contributed by atoms with Crippen LogP contribution in [0.5, 0.6) is 5.75 Å². The second-order valence-electron chi connectivity index (χ2n) is 6.53. The molecule has 0 saturated carbocycles. The number of hydrogen-bond acceptors (Lipinski definition) is 3. The topological polar surface area (TPSA) is 44.8 Å². The van der Waals surface area contributed by atoms with Crippen molar-refractivity contribution in [1.82, 2.24) is 10.2 Å². The average molecular weight is 393 g/mol. The van der Waals surface area contributed by atoms with Gasteiger partial charge in [-0.3, -0.25) is 0 Å². The first-order chi connectivity index (χ1) is 13.4. The fourth-order valence-corrected chi connectivity index (χ4v) is 3.12. The van der Waals surface area contributed by atoms with Gasteiger partial charge in [0.2, 0.25) is 0 Å². The molecule has 0 aromatic heterocycles. The summed E-state index contributed by atoms with van der Waals surface area (Å²) in [6.07, 6.45) is -4.36. The maximum absolute atomic E-state index is 12.9. The van der Waals surface area contributed by atoms with Crippen molar-refractivity contribution >= 4 is 11.7 Å². The van der Waals surface area contributed by atoms with Gasteiger partial charge in [0.25, 0.3) is 0 Å². The van der Waals surface area contributed by atoms with Gasteiger partial charge < -0.3 is 19.9 Å². The first-order valence-corrected chi connectivity index (χ1v) is 8.95. The van der Waals surface area contributed by atoms with Crippen molar-refractivity contribution in [2.45, 2.75) is 12.7 Å². The van der Waals surface area contributed by atoms with Crippen LogP contribution in [0.1, 0.15) is 11.1 Å². The Morgan fingerprint density at radius 1 is 1.07 bits per heavy atom. The Morgan fingerprint density at radius 2 is 1.79 bits per heavy atom.